The lowest BCUT2D eigenvalue weighted by atomic mass is 9.82. The molecule has 3 rings (SSSR count). The van der Waals surface area contributed by atoms with E-state index in [-0.39, 0.29) is 0 Å². The van der Waals surface area contributed by atoms with E-state index in [1.807, 2.05) is 0 Å². The van der Waals surface area contributed by atoms with Crippen LogP contribution in [0, 0.1) is 5.92 Å². The SMILES string of the molecule is CCNC(Cc1nc2ccccc2n1C)C1CCCCC1. The standard InChI is InChI=1S/C18H27N3/c1-3-19-16(14-9-5-4-6-10-14)13-18-20-15-11-7-8-12-17(15)21(18)2/h7-8,11-12,14,16,19H,3-6,9-10,13H2,1-2H3. The highest BCUT2D eigenvalue weighted by molar-refractivity contribution is 5.75. The number of aryl methyl sites for hydroxylation is 1. The van der Waals surface area contributed by atoms with Crippen molar-refractivity contribution in [2.45, 2.75) is 51.5 Å². The maximum atomic E-state index is 4.85. The zero-order valence-corrected chi connectivity index (χ0v) is 13.3. The quantitative estimate of drug-likeness (QED) is 0.908. The summed E-state index contributed by atoms with van der Waals surface area (Å²) in [5, 5.41) is 3.72. The number of nitrogens with one attached hydrogen (secondary N) is 1. The van der Waals surface area contributed by atoms with Crippen LogP contribution in [0.25, 0.3) is 11.0 Å². The summed E-state index contributed by atoms with van der Waals surface area (Å²) in [7, 11) is 2.15. The molecule has 0 spiro atoms. The molecule has 21 heavy (non-hydrogen) atoms. The molecule has 1 aromatic carbocycles. The predicted molar refractivity (Wildman–Crippen MR) is 88.5 cm³/mol. The van der Waals surface area contributed by atoms with Crippen LogP contribution in [-0.4, -0.2) is 22.1 Å². The molecular formula is C18H27N3. The minimum Gasteiger partial charge on any atom is -0.331 e. The van der Waals surface area contributed by atoms with Crippen molar-refractivity contribution in [1.29, 1.82) is 0 Å². The zero-order chi connectivity index (χ0) is 14.7. The van der Waals surface area contributed by atoms with Crippen molar-refractivity contribution in [2.24, 2.45) is 13.0 Å². The first-order valence-corrected chi connectivity index (χ1v) is 8.43. The van der Waals surface area contributed by atoms with Gasteiger partial charge in [0.05, 0.1) is 11.0 Å². The van der Waals surface area contributed by atoms with Crippen molar-refractivity contribution in [1.82, 2.24) is 14.9 Å². The molecule has 114 valence electrons. The van der Waals surface area contributed by atoms with Crippen LogP contribution in [0.5, 0.6) is 0 Å². The van der Waals surface area contributed by atoms with Gasteiger partial charge in [-0.25, -0.2) is 4.98 Å². The number of imidazole rings is 1. The van der Waals surface area contributed by atoms with Crippen LogP contribution >= 0.6 is 0 Å². The fourth-order valence-corrected chi connectivity index (χ4v) is 3.78. The van der Waals surface area contributed by atoms with Gasteiger partial charge in [0.15, 0.2) is 0 Å². The van der Waals surface area contributed by atoms with Crippen molar-refractivity contribution in [2.75, 3.05) is 6.54 Å². The number of likely N-dealkylation sites (N-methyl/N-ethyl adjacent to an activating group) is 1. The summed E-state index contributed by atoms with van der Waals surface area (Å²) in [5.74, 6) is 2.03. The highest BCUT2D eigenvalue weighted by Gasteiger charge is 2.24. The molecule has 3 heteroatoms. The van der Waals surface area contributed by atoms with E-state index in [2.05, 4.69) is 48.1 Å². The van der Waals surface area contributed by atoms with E-state index >= 15 is 0 Å². The van der Waals surface area contributed by atoms with Crippen LogP contribution in [-0.2, 0) is 13.5 Å². The van der Waals surface area contributed by atoms with Crippen LogP contribution in [0.1, 0.15) is 44.9 Å². The third-order valence-corrected chi connectivity index (χ3v) is 4.97. The third-order valence-electron chi connectivity index (χ3n) is 4.97. The Hall–Kier alpha value is -1.35. The van der Waals surface area contributed by atoms with E-state index in [9.17, 15) is 0 Å². The summed E-state index contributed by atoms with van der Waals surface area (Å²) in [6, 6.07) is 9.01. The molecular weight excluding hydrogens is 258 g/mol. The van der Waals surface area contributed by atoms with Crippen molar-refractivity contribution in [3.63, 3.8) is 0 Å². The maximum absolute atomic E-state index is 4.85. The molecule has 0 amide bonds. The van der Waals surface area contributed by atoms with E-state index < -0.39 is 0 Å². The second-order valence-corrected chi connectivity index (χ2v) is 6.34. The Kier molecular flexibility index (Phi) is 4.59. The van der Waals surface area contributed by atoms with Crippen molar-refractivity contribution >= 4 is 11.0 Å². The predicted octanol–water partition coefficient (Wildman–Crippen LogP) is 3.67. The Morgan fingerprint density at radius 3 is 2.71 bits per heavy atom. The lowest BCUT2D eigenvalue weighted by molar-refractivity contribution is 0.266. The fraction of sp³-hybridized carbons (Fsp3) is 0.611. The molecule has 1 fully saturated rings. The molecule has 1 aliphatic carbocycles. The Morgan fingerprint density at radius 1 is 1.24 bits per heavy atom. The molecule has 3 nitrogen and oxygen atoms in total. The average molecular weight is 285 g/mol. The topological polar surface area (TPSA) is 29.9 Å². The van der Waals surface area contributed by atoms with Crippen molar-refractivity contribution in [3.8, 4) is 0 Å². The van der Waals surface area contributed by atoms with Crippen LogP contribution in [0.15, 0.2) is 24.3 Å². The second-order valence-electron chi connectivity index (χ2n) is 6.34. The number of aromatic nitrogens is 2. The summed E-state index contributed by atoms with van der Waals surface area (Å²) >= 11 is 0. The molecule has 0 aliphatic heterocycles. The summed E-state index contributed by atoms with van der Waals surface area (Å²) in [5.41, 5.74) is 2.36. The van der Waals surface area contributed by atoms with Gasteiger partial charge in [-0.1, -0.05) is 38.3 Å². The van der Waals surface area contributed by atoms with Gasteiger partial charge in [-0.15, -0.1) is 0 Å². The van der Waals surface area contributed by atoms with E-state index in [0.29, 0.717) is 6.04 Å². The van der Waals surface area contributed by atoms with Crippen LogP contribution in [0.4, 0.5) is 0 Å². The van der Waals surface area contributed by atoms with E-state index in [1.165, 1.54) is 43.4 Å². The Balaban J connectivity index is 1.81. The van der Waals surface area contributed by atoms with E-state index in [1.54, 1.807) is 0 Å². The highest BCUT2D eigenvalue weighted by Crippen LogP contribution is 2.28. The molecule has 2 aromatic rings. The van der Waals surface area contributed by atoms with Gasteiger partial charge >= 0.3 is 0 Å². The summed E-state index contributed by atoms with van der Waals surface area (Å²) in [4.78, 5) is 4.85. The first-order chi connectivity index (χ1) is 10.3. The number of benzene rings is 1. The van der Waals surface area contributed by atoms with Gasteiger partial charge in [0, 0.05) is 19.5 Å². The number of nitrogens with zero attached hydrogens (tertiary/aromatic N) is 2. The molecule has 1 saturated carbocycles. The fourth-order valence-electron chi connectivity index (χ4n) is 3.78. The van der Waals surface area contributed by atoms with E-state index in [4.69, 9.17) is 4.98 Å². The molecule has 1 N–H and O–H groups in total. The molecule has 0 bridgehead atoms. The molecule has 1 heterocycles. The van der Waals surface area contributed by atoms with Gasteiger partial charge in [-0.2, -0.15) is 0 Å². The van der Waals surface area contributed by atoms with Gasteiger partial charge in [0.25, 0.3) is 0 Å². The average Bonchev–Trinajstić information content (AvgIpc) is 2.84. The molecule has 0 saturated heterocycles. The van der Waals surface area contributed by atoms with Crippen molar-refractivity contribution in [3.05, 3.63) is 30.1 Å². The molecule has 1 atom stereocenters. The lowest BCUT2D eigenvalue weighted by Crippen LogP contribution is -2.39. The molecule has 1 unspecified atom stereocenters. The third kappa shape index (κ3) is 3.13. The first-order valence-electron chi connectivity index (χ1n) is 8.43. The van der Waals surface area contributed by atoms with Gasteiger partial charge < -0.3 is 9.88 Å². The minimum absolute atomic E-state index is 0.575. The van der Waals surface area contributed by atoms with Crippen LogP contribution < -0.4 is 5.32 Å². The monoisotopic (exact) mass is 285 g/mol. The van der Waals surface area contributed by atoms with Gasteiger partial charge in [0.2, 0.25) is 0 Å². The Morgan fingerprint density at radius 2 is 2.00 bits per heavy atom. The number of rotatable bonds is 5. The molecule has 1 aliphatic rings. The lowest BCUT2D eigenvalue weighted by Gasteiger charge is -2.30. The first kappa shape index (κ1) is 14.6. The van der Waals surface area contributed by atoms with Gasteiger partial charge in [-0.05, 0) is 37.4 Å². The molecule has 0 radical (unpaired) electrons. The summed E-state index contributed by atoms with van der Waals surface area (Å²) < 4.78 is 2.27. The van der Waals surface area contributed by atoms with E-state index in [0.717, 1.165) is 24.4 Å². The normalized spacial score (nSPS) is 18.2. The van der Waals surface area contributed by atoms with Crippen molar-refractivity contribution < 1.29 is 0 Å². The largest absolute Gasteiger partial charge is 0.331 e. The highest BCUT2D eigenvalue weighted by atomic mass is 15.1. The molecule has 1 aromatic heterocycles. The van der Waals surface area contributed by atoms with Gasteiger partial charge in [-0.3, -0.25) is 0 Å². The number of fused-ring (bicyclic) bond motifs is 1. The minimum atomic E-state index is 0.575. The summed E-state index contributed by atoms with van der Waals surface area (Å²) in [6.07, 6.45) is 8.01. The zero-order valence-electron chi connectivity index (χ0n) is 13.3. The van der Waals surface area contributed by atoms with Gasteiger partial charge in [0.1, 0.15) is 5.82 Å². The Bertz CT molecular complexity index is 581. The Labute approximate surface area is 127 Å². The number of hydrogen-bond donors (Lipinski definition) is 1. The summed E-state index contributed by atoms with van der Waals surface area (Å²) in [6.45, 7) is 3.26. The second kappa shape index (κ2) is 6.61. The van der Waals surface area contributed by atoms with Crippen LogP contribution in [0.2, 0.25) is 0 Å². The number of hydrogen-bond acceptors (Lipinski definition) is 2. The smallest absolute Gasteiger partial charge is 0.111 e. The number of para-hydroxylation sites is 2. The van der Waals surface area contributed by atoms with Crippen LogP contribution in [0.3, 0.4) is 0 Å². The maximum Gasteiger partial charge on any atom is 0.111 e.